The van der Waals surface area contributed by atoms with E-state index in [2.05, 4.69) is 34.5 Å². The number of halogens is 1. The van der Waals surface area contributed by atoms with Crippen molar-refractivity contribution in [2.24, 2.45) is 5.92 Å². The topological polar surface area (TPSA) is 105 Å². The minimum atomic E-state index is 0.324. The molecular formula is C21H22ClN5O. The molecule has 1 amide bonds. The van der Waals surface area contributed by atoms with Crippen LogP contribution in [0.25, 0.3) is 16.3 Å². The van der Waals surface area contributed by atoms with Gasteiger partial charge in [0.15, 0.2) is 0 Å². The summed E-state index contributed by atoms with van der Waals surface area (Å²) in [4.78, 5) is 19.0. The molecule has 2 aromatic heterocycles. The lowest BCUT2D eigenvalue weighted by molar-refractivity contribution is -0.105. The van der Waals surface area contributed by atoms with Crippen molar-refractivity contribution in [3.05, 3.63) is 53.9 Å². The quantitative estimate of drug-likeness (QED) is 0.539. The van der Waals surface area contributed by atoms with Gasteiger partial charge in [0.05, 0.1) is 11.8 Å². The summed E-state index contributed by atoms with van der Waals surface area (Å²) >= 11 is 6.19. The molecule has 3 N–H and O–H groups in total. The van der Waals surface area contributed by atoms with Crippen molar-refractivity contribution in [2.75, 3.05) is 11.1 Å². The van der Waals surface area contributed by atoms with Crippen LogP contribution < -0.4 is 11.1 Å². The average Bonchev–Trinajstić information content (AvgIpc) is 3.46. The molecule has 0 unspecified atom stereocenters. The van der Waals surface area contributed by atoms with E-state index < -0.39 is 0 Å². The summed E-state index contributed by atoms with van der Waals surface area (Å²) in [5.74, 6) is 1.54. The van der Waals surface area contributed by atoms with Crippen LogP contribution in [0, 0.1) is 17.2 Å². The summed E-state index contributed by atoms with van der Waals surface area (Å²) in [5, 5.41) is 12.4. The predicted molar refractivity (Wildman–Crippen MR) is 114 cm³/mol. The summed E-state index contributed by atoms with van der Waals surface area (Å²) in [7, 11) is 0. The van der Waals surface area contributed by atoms with Gasteiger partial charge >= 0.3 is 0 Å². The van der Waals surface area contributed by atoms with Gasteiger partial charge in [-0.2, -0.15) is 5.26 Å². The Labute approximate surface area is 169 Å². The van der Waals surface area contributed by atoms with E-state index in [1.807, 2.05) is 13.0 Å². The highest BCUT2D eigenvalue weighted by Crippen LogP contribution is 2.32. The number of aromatic nitrogens is 2. The van der Waals surface area contributed by atoms with Crippen LogP contribution in [-0.4, -0.2) is 16.4 Å². The van der Waals surface area contributed by atoms with E-state index in [9.17, 15) is 4.79 Å². The first-order valence-electron chi connectivity index (χ1n) is 8.73. The summed E-state index contributed by atoms with van der Waals surface area (Å²) in [5.41, 5.74) is 8.01. The minimum absolute atomic E-state index is 0.324. The van der Waals surface area contributed by atoms with E-state index in [0.29, 0.717) is 39.7 Å². The number of nitrogens with zero attached hydrogens (tertiary/aromatic N) is 3. The Kier molecular flexibility index (Phi) is 7.30. The molecule has 0 atom stereocenters. The number of hydrogen-bond donors (Lipinski definition) is 2. The van der Waals surface area contributed by atoms with Crippen LogP contribution in [-0.2, 0) is 4.79 Å². The fraction of sp³-hybridized carbons (Fsp3) is 0.238. The summed E-state index contributed by atoms with van der Waals surface area (Å²) < 4.78 is 0. The number of nitriles is 1. The molecule has 0 bridgehead atoms. The molecule has 144 valence electrons. The number of amides is 1. The van der Waals surface area contributed by atoms with Gasteiger partial charge in [-0.1, -0.05) is 30.8 Å². The number of nitrogens with one attached hydrogen (secondary N) is 1. The lowest BCUT2D eigenvalue weighted by Gasteiger charge is -2.11. The van der Waals surface area contributed by atoms with Crippen LogP contribution >= 0.6 is 11.6 Å². The van der Waals surface area contributed by atoms with Crippen molar-refractivity contribution < 1.29 is 4.79 Å². The highest BCUT2D eigenvalue weighted by atomic mass is 35.5. The first-order chi connectivity index (χ1) is 13.4. The van der Waals surface area contributed by atoms with Crippen molar-refractivity contribution in [1.82, 2.24) is 9.97 Å². The second-order valence-corrected chi connectivity index (χ2v) is 6.87. The van der Waals surface area contributed by atoms with Crippen molar-refractivity contribution in [2.45, 2.75) is 26.2 Å². The molecule has 0 spiro atoms. The maximum Gasteiger partial charge on any atom is 0.212 e. The maximum atomic E-state index is 10.5. The molecule has 2 heterocycles. The molecule has 3 rings (SSSR count). The molecule has 6 nitrogen and oxygen atoms in total. The van der Waals surface area contributed by atoms with Gasteiger partial charge in [0.25, 0.3) is 0 Å². The summed E-state index contributed by atoms with van der Waals surface area (Å²) in [6, 6.07) is 5.66. The van der Waals surface area contributed by atoms with Gasteiger partial charge in [-0.05, 0) is 48.8 Å². The molecule has 1 saturated carbocycles. The fourth-order valence-electron chi connectivity index (χ4n) is 2.54. The molecule has 1 aliphatic carbocycles. The molecule has 0 saturated heterocycles. The molecule has 28 heavy (non-hydrogen) atoms. The average molecular weight is 396 g/mol. The number of fused-ring (bicyclic) bond motifs is 1. The Hall–Kier alpha value is -3.17. The highest BCUT2D eigenvalue weighted by Gasteiger charge is 2.19. The lowest BCUT2D eigenvalue weighted by Crippen LogP contribution is -2.01. The number of anilines is 2. The molecule has 0 radical (unpaired) electrons. The van der Waals surface area contributed by atoms with Crippen LogP contribution in [0.5, 0.6) is 0 Å². The smallest absolute Gasteiger partial charge is 0.212 e. The van der Waals surface area contributed by atoms with E-state index in [1.54, 1.807) is 12.3 Å². The van der Waals surface area contributed by atoms with Crippen molar-refractivity contribution in [1.29, 1.82) is 5.26 Å². The van der Waals surface area contributed by atoms with Gasteiger partial charge in [0.1, 0.15) is 11.6 Å². The van der Waals surface area contributed by atoms with Crippen LogP contribution in [0.4, 0.5) is 11.6 Å². The third-order valence-corrected chi connectivity index (χ3v) is 4.47. The van der Waals surface area contributed by atoms with Gasteiger partial charge < -0.3 is 11.1 Å². The fourth-order valence-corrected chi connectivity index (χ4v) is 2.80. The molecule has 0 aliphatic heterocycles. The Morgan fingerprint density at radius 1 is 1.50 bits per heavy atom. The van der Waals surface area contributed by atoms with Crippen LogP contribution in [0.3, 0.4) is 0 Å². The Bertz CT molecular complexity index is 986. The van der Waals surface area contributed by atoms with E-state index in [1.165, 1.54) is 18.9 Å². The van der Waals surface area contributed by atoms with Crippen molar-refractivity contribution in [3.8, 4) is 6.07 Å². The number of nitrogen functional groups attached to an aromatic ring is 1. The van der Waals surface area contributed by atoms with Crippen LogP contribution in [0.15, 0.2) is 48.2 Å². The molecule has 0 aromatic carbocycles. The highest BCUT2D eigenvalue weighted by molar-refractivity contribution is 6.35. The van der Waals surface area contributed by atoms with E-state index in [0.717, 1.165) is 23.3 Å². The lowest BCUT2D eigenvalue weighted by atomic mass is 10.0. The monoisotopic (exact) mass is 395 g/mol. The number of carbonyl (C=O) groups is 1. The second kappa shape index (κ2) is 9.67. The summed E-state index contributed by atoms with van der Waals surface area (Å²) in [6.07, 6.45) is 7.04. The Morgan fingerprint density at radius 3 is 2.71 bits per heavy atom. The second-order valence-electron chi connectivity index (χ2n) is 6.46. The minimum Gasteiger partial charge on any atom is -0.383 e. The number of allylic oxidation sites excluding steroid dienone is 4. The van der Waals surface area contributed by atoms with Crippen LogP contribution in [0.2, 0.25) is 0 Å². The number of carbonyl (C=O) groups excluding carboxylic acids is 1. The number of rotatable bonds is 6. The van der Waals surface area contributed by atoms with E-state index in [4.69, 9.17) is 22.6 Å². The van der Waals surface area contributed by atoms with Gasteiger partial charge in [-0.3, -0.25) is 4.79 Å². The van der Waals surface area contributed by atoms with Gasteiger partial charge in [-0.25, -0.2) is 9.97 Å². The first kappa shape index (κ1) is 21.1. The van der Waals surface area contributed by atoms with E-state index in [-0.39, 0.29) is 0 Å². The maximum absolute atomic E-state index is 10.5. The molecule has 1 fully saturated rings. The zero-order valence-electron chi connectivity index (χ0n) is 15.7. The van der Waals surface area contributed by atoms with E-state index >= 15 is 0 Å². The Morgan fingerprint density at radius 2 is 2.21 bits per heavy atom. The standard InChI is InChI=1S/C16H15ClN4O.C5H7N/c1-4-12(17)15(9(2)3)13-5-10-6-14(20-8-22)19-7-11(10)16(18)21-13;6-4-3-5-1-2-5/h4-8H,1-2H2,3H3,(H2,18,21)(H,19,20,22);5H,1-3H2/b15-12-;. The first-order valence-corrected chi connectivity index (χ1v) is 9.10. The molecule has 1 aliphatic rings. The van der Waals surface area contributed by atoms with Gasteiger partial charge in [0.2, 0.25) is 6.41 Å². The zero-order valence-corrected chi connectivity index (χ0v) is 16.5. The van der Waals surface area contributed by atoms with Crippen molar-refractivity contribution >= 4 is 46.0 Å². The molecule has 7 heteroatoms. The zero-order chi connectivity index (χ0) is 20.7. The van der Waals surface area contributed by atoms with Gasteiger partial charge in [-0.15, -0.1) is 0 Å². The largest absolute Gasteiger partial charge is 0.383 e. The third kappa shape index (κ3) is 5.41. The Balaban J connectivity index is 0.000000397. The van der Waals surface area contributed by atoms with Crippen LogP contribution in [0.1, 0.15) is 31.9 Å². The van der Waals surface area contributed by atoms with Gasteiger partial charge in [0, 0.05) is 28.6 Å². The number of hydrogen-bond acceptors (Lipinski definition) is 5. The third-order valence-electron chi connectivity index (χ3n) is 4.13. The van der Waals surface area contributed by atoms with Crippen molar-refractivity contribution in [3.63, 3.8) is 0 Å². The SMILES string of the molecule is C=C/C(Cl)=C(\C(=C)C)c1cc2cc(NC=O)ncc2c(N)n1.N#CCC1CC1. The predicted octanol–water partition coefficient (Wildman–Crippen LogP) is 4.80. The molecular weight excluding hydrogens is 374 g/mol. The number of pyridine rings is 2. The number of nitrogens with two attached hydrogens (primary N) is 1. The summed E-state index contributed by atoms with van der Waals surface area (Å²) in [6.45, 7) is 9.41. The molecule has 2 aromatic rings. The normalized spacial score (nSPS) is 13.5.